The van der Waals surface area contributed by atoms with E-state index < -0.39 is 0 Å². The zero-order valence-corrected chi connectivity index (χ0v) is 12.6. The van der Waals surface area contributed by atoms with Crippen LogP contribution in [0, 0.1) is 0 Å². The second-order valence-electron chi connectivity index (χ2n) is 5.60. The number of anilines is 1. The van der Waals surface area contributed by atoms with Gasteiger partial charge in [0.2, 0.25) is 0 Å². The molecule has 0 aromatic heterocycles. The van der Waals surface area contributed by atoms with Crippen molar-refractivity contribution in [1.29, 1.82) is 0 Å². The van der Waals surface area contributed by atoms with Gasteiger partial charge in [-0.2, -0.15) is 0 Å². The van der Waals surface area contributed by atoms with Crippen molar-refractivity contribution in [2.45, 2.75) is 38.6 Å². The maximum absolute atomic E-state index is 5.59. The van der Waals surface area contributed by atoms with Crippen LogP contribution in [0.5, 0.6) is 5.75 Å². The molecular formula is C19H23NO. The summed E-state index contributed by atoms with van der Waals surface area (Å²) in [6, 6.07) is 17.5. The summed E-state index contributed by atoms with van der Waals surface area (Å²) >= 11 is 0. The van der Waals surface area contributed by atoms with Crippen molar-refractivity contribution in [2.24, 2.45) is 0 Å². The van der Waals surface area contributed by atoms with Gasteiger partial charge in [-0.1, -0.05) is 36.8 Å². The first-order chi connectivity index (χ1) is 10.4. The smallest absolute Gasteiger partial charge is 0.121 e. The SMILES string of the molecule is CCOc1cccc(NC2CCCCc3ccccc32)c1. The van der Waals surface area contributed by atoms with E-state index >= 15 is 0 Å². The first-order valence-electron chi connectivity index (χ1n) is 7.94. The number of rotatable bonds is 4. The lowest BCUT2D eigenvalue weighted by atomic mass is 9.99. The van der Waals surface area contributed by atoms with Gasteiger partial charge >= 0.3 is 0 Å². The fourth-order valence-electron chi connectivity index (χ4n) is 3.11. The van der Waals surface area contributed by atoms with E-state index in [4.69, 9.17) is 4.74 Å². The molecule has 2 aromatic carbocycles. The van der Waals surface area contributed by atoms with E-state index in [0.717, 1.165) is 11.4 Å². The van der Waals surface area contributed by atoms with E-state index in [-0.39, 0.29) is 0 Å². The lowest BCUT2D eigenvalue weighted by Gasteiger charge is -2.21. The van der Waals surface area contributed by atoms with Gasteiger partial charge in [0.1, 0.15) is 5.75 Å². The standard InChI is InChI=1S/C19H23NO/c1-2-21-17-11-7-10-16(14-17)20-19-13-6-4-9-15-8-3-5-12-18(15)19/h3,5,7-8,10-12,14,19-20H,2,4,6,9,13H2,1H3. The van der Waals surface area contributed by atoms with Crippen LogP contribution in [0.2, 0.25) is 0 Å². The molecular weight excluding hydrogens is 258 g/mol. The Balaban J connectivity index is 1.82. The third kappa shape index (κ3) is 3.38. The molecule has 0 aliphatic heterocycles. The van der Waals surface area contributed by atoms with Crippen LogP contribution in [-0.2, 0) is 6.42 Å². The molecule has 0 bridgehead atoms. The fourth-order valence-corrected chi connectivity index (χ4v) is 3.11. The van der Waals surface area contributed by atoms with Gasteiger partial charge in [0.25, 0.3) is 0 Å². The highest BCUT2D eigenvalue weighted by Crippen LogP contribution is 2.32. The maximum Gasteiger partial charge on any atom is 0.121 e. The Bertz CT molecular complexity index is 594. The molecule has 21 heavy (non-hydrogen) atoms. The van der Waals surface area contributed by atoms with E-state index in [9.17, 15) is 0 Å². The normalized spacial score (nSPS) is 17.7. The zero-order valence-electron chi connectivity index (χ0n) is 12.6. The molecule has 0 radical (unpaired) electrons. The summed E-state index contributed by atoms with van der Waals surface area (Å²) in [5.41, 5.74) is 4.09. The van der Waals surface area contributed by atoms with E-state index in [1.165, 1.54) is 36.8 Å². The second kappa shape index (κ2) is 6.66. The van der Waals surface area contributed by atoms with E-state index in [0.29, 0.717) is 12.6 Å². The monoisotopic (exact) mass is 281 g/mol. The second-order valence-corrected chi connectivity index (χ2v) is 5.60. The predicted molar refractivity (Wildman–Crippen MR) is 88.0 cm³/mol. The molecule has 1 atom stereocenters. The van der Waals surface area contributed by atoms with Gasteiger partial charge in [0.05, 0.1) is 12.6 Å². The number of benzene rings is 2. The molecule has 1 unspecified atom stereocenters. The Labute approximate surface area is 127 Å². The molecule has 0 fully saturated rings. The van der Waals surface area contributed by atoms with E-state index in [2.05, 4.69) is 47.8 Å². The van der Waals surface area contributed by atoms with E-state index in [1.54, 1.807) is 0 Å². The largest absolute Gasteiger partial charge is 0.494 e. The number of hydrogen-bond donors (Lipinski definition) is 1. The van der Waals surface area contributed by atoms with Crippen LogP contribution in [0.15, 0.2) is 48.5 Å². The van der Waals surface area contributed by atoms with Gasteiger partial charge < -0.3 is 10.1 Å². The van der Waals surface area contributed by atoms with Crippen molar-refractivity contribution in [3.05, 3.63) is 59.7 Å². The minimum atomic E-state index is 0.403. The quantitative estimate of drug-likeness (QED) is 0.799. The zero-order chi connectivity index (χ0) is 14.5. The van der Waals surface area contributed by atoms with Crippen LogP contribution < -0.4 is 10.1 Å². The molecule has 0 amide bonds. The van der Waals surface area contributed by atoms with Gasteiger partial charge in [-0.3, -0.25) is 0 Å². The molecule has 0 spiro atoms. The highest BCUT2D eigenvalue weighted by atomic mass is 16.5. The molecule has 2 nitrogen and oxygen atoms in total. The van der Waals surface area contributed by atoms with Gasteiger partial charge in [-0.05, 0) is 49.4 Å². The third-order valence-corrected chi connectivity index (χ3v) is 4.11. The number of ether oxygens (including phenoxy) is 1. The molecule has 3 rings (SSSR count). The van der Waals surface area contributed by atoms with Crippen LogP contribution in [-0.4, -0.2) is 6.61 Å². The molecule has 0 saturated heterocycles. The Morgan fingerprint density at radius 2 is 2.00 bits per heavy atom. The van der Waals surface area contributed by atoms with Crippen LogP contribution in [0.4, 0.5) is 5.69 Å². The Hall–Kier alpha value is -1.96. The van der Waals surface area contributed by atoms with Crippen molar-refractivity contribution < 1.29 is 4.74 Å². The first kappa shape index (κ1) is 14.0. The Morgan fingerprint density at radius 1 is 1.10 bits per heavy atom. The lowest BCUT2D eigenvalue weighted by molar-refractivity contribution is 0.340. The summed E-state index contributed by atoms with van der Waals surface area (Å²) in [6.07, 6.45) is 4.95. The summed E-state index contributed by atoms with van der Waals surface area (Å²) < 4.78 is 5.59. The molecule has 1 aliphatic carbocycles. The molecule has 2 aromatic rings. The lowest BCUT2D eigenvalue weighted by Crippen LogP contribution is -2.11. The Kier molecular flexibility index (Phi) is 4.44. The molecule has 2 heteroatoms. The minimum absolute atomic E-state index is 0.403. The van der Waals surface area contributed by atoms with E-state index in [1.807, 2.05) is 13.0 Å². The fraction of sp³-hybridized carbons (Fsp3) is 0.368. The maximum atomic E-state index is 5.59. The van der Waals surface area contributed by atoms with Crippen molar-refractivity contribution in [3.63, 3.8) is 0 Å². The number of fused-ring (bicyclic) bond motifs is 1. The van der Waals surface area contributed by atoms with Gasteiger partial charge in [0, 0.05) is 11.8 Å². The van der Waals surface area contributed by atoms with Crippen LogP contribution >= 0.6 is 0 Å². The van der Waals surface area contributed by atoms with Gasteiger partial charge in [-0.15, -0.1) is 0 Å². The molecule has 110 valence electrons. The predicted octanol–water partition coefficient (Wildman–Crippen LogP) is 4.96. The average molecular weight is 281 g/mol. The highest BCUT2D eigenvalue weighted by molar-refractivity contribution is 5.50. The van der Waals surface area contributed by atoms with Crippen molar-refractivity contribution in [3.8, 4) is 5.75 Å². The van der Waals surface area contributed by atoms with Crippen molar-refractivity contribution >= 4 is 5.69 Å². The van der Waals surface area contributed by atoms with Crippen LogP contribution in [0.3, 0.4) is 0 Å². The number of aryl methyl sites for hydroxylation is 1. The van der Waals surface area contributed by atoms with Crippen LogP contribution in [0.25, 0.3) is 0 Å². The van der Waals surface area contributed by atoms with Crippen molar-refractivity contribution in [1.82, 2.24) is 0 Å². The molecule has 0 saturated carbocycles. The average Bonchev–Trinajstić information content (AvgIpc) is 2.71. The highest BCUT2D eigenvalue weighted by Gasteiger charge is 2.18. The molecule has 0 heterocycles. The van der Waals surface area contributed by atoms with Gasteiger partial charge in [-0.25, -0.2) is 0 Å². The topological polar surface area (TPSA) is 21.3 Å². The van der Waals surface area contributed by atoms with Crippen molar-refractivity contribution in [2.75, 3.05) is 11.9 Å². The Morgan fingerprint density at radius 3 is 2.90 bits per heavy atom. The first-order valence-corrected chi connectivity index (χ1v) is 7.94. The summed E-state index contributed by atoms with van der Waals surface area (Å²) in [6.45, 7) is 2.72. The summed E-state index contributed by atoms with van der Waals surface area (Å²) in [5, 5.41) is 3.70. The number of hydrogen-bond acceptors (Lipinski definition) is 2. The van der Waals surface area contributed by atoms with Gasteiger partial charge in [0.15, 0.2) is 0 Å². The summed E-state index contributed by atoms with van der Waals surface area (Å²) in [4.78, 5) is 0. The summed E-state index contributed by atoms with van der Waals surface area (Å²) in [5.74, 6) is 0.935. The minimum Gasteiger partial charge on any atom is -0.494 e. The molecule has 1 N–H and O–H groups in total. The third-order valence-electron chi connectivity index (χ3n) is 4.11. The molecule has 1 aliphatic rings. The summed E-state index contributed by atoms with van der Waals surface area (Å²) in [7, 11) is 0. The van der Waals surface area contributed by atoms with Crippen LogP contribution in [0.1, 0.15) is 43.4 Å². The number of nitrogens with one attached hydrogen (secondary N) is 1.